The zero-order chi connectivity index (χ0) is 14.3. The Morgan fingerprint density at radius 2 is 2.11 bits per heavy atom. The number of nitrogens with zero attached hydrogens (tertiary/aromatic N) is 2. The molecule has 112 valence electrons. The summed E-state index contributed by atoms with van der Waals surface area (Å²) in [5.41, 5.74) is 0. The molecule has 0 saturated heterocycles. The van der Waals surface area contributed by atoms with E-state index in [-0.39, 0.29) is 0 Å². The zero-order valence-electron chi connectivity index (χ0n) is 13.0. The van der Waals surface area contributed by atoms with Crippen LogP contribution in [0.25, 0.3) is 0 Å². The van der Waals surface area contributed by atoms with Crippen LogP contribution < -0.4 is 5.32 Å². The summed E-state index contributed by atoms with van der Waals surface area (Å²) in [5, 5.41) is 3.33. The molecule has 0 fully saturated rings. The summed E-state index contributed by atoms with van der Waals surface area (Å²) in [5.74, 6) is 1.00. The molecule has 0 aliphatic heterocycles. The first-order valence-corrected chi connectivity index (χ1v) is 7.44. The van der Waals surface area contributed by atoms with Gasteiger partial charge in [0.2, 0.25) is 0 Å². The average molecular weight is 269 g/mol. The summed E-state index contributed by atoms with van der Waals surface area (Å²) >= 11 is 0. The first-order chi connectivity index (χ1) is 9.26. The number of ether oxygens (including phenoxy) is 1. The Hall–Kier alpha value is -1.03. The van der Waals surface area contributed by atoms with Gasteiger partial charge in [0.05, 0.1) is 0 Å². The lowest BCUT2D eigenvalue weighted by molar-refractivity contribution is 0.144. The van der Waals surface area contributed by atoms with E-state index >= 15 is 0 Å². The molecule has 0 rings (SSSR count). The third-order valence-electron chi connectivity index (χ3n) is 2.76. The number of guanidine groups is 1. The topological polar surface area (TPSA) is 36.9 Å². The van der Waals surface area contributed by atoms with Crippen LogP contribution in [0.1, 0.15) is 39.5 Å². The molecule has 0 aliphatic carbocycles. The van der Waals surface area contributed by atoms with Gasteiger partial charge in [-0.05, 0) is 39.5 Å². The fourth-order valence-corrected chi connectivity index (χ4v) is 1.69. The van der Waals surface area contributed by atoms with E-state index in [1.807, 2.05) is 13.0 Å². The lowest BCUT2D eigenvalue weighted by Crippen LogP contribution is -2.39. The van der Waals surface area contributed by atoms with Crippen LogP contribution in [0.3, 0.4) is 0 Å². The van der Waals surface area contributed by atoms with E-state index in [0.717, 1.165) is 64.5 Å². The molecule has 0 aliphatic rings. The highest BCUT2D eigenvalue weighted by molar-refractivity contribution is 5.79. The molecule has 0 atom stereocenters. The molecule has 19 heavy (non-hydrogen) atoms. The van der Waals surface area contributed by atoms with Gasteiger partial charge >= 0.3 is 0 Å². The second-order valence-electron chi connectivity index (χ2n) is 4.49. The largest absolute Gasteiger partial charge is 0.382 e. The SMILES string of the molecule is C=CCCCN(C)C(=NCCCCOCC)NCC. The van der Waals surface area contributed by atoms with Crippen LogP contribution >= 0.6 is 0 Å². The van der Waals surface area contributed by atoms with Crippen molar-refractivity contribution in [3.05, 3.63) is 12.7 Å². The Morgan fingerprint density at radius 1 is 1.32 bits per heavy atom. The lowest BCUT2D eigenvalue weighted by Gasteiger charge is -2.21. The number of nitrogens with one attached hydrogen (secondary N) is 1. The first-order valence-electron chi connectivity index (χ1n) is 7.44. The number of allylic oxidation sites excluding steroid dienone is 1. The molecule has 0 aromatic carbocycles. The average Bonchev–Trinajstić information content (AvgIpc) is 2.41. The molecular weight excluding hydrogens is 238 g/mol. The smallest absolute Gasteiger partial charge is 0.193 e. The number of hydrogen-bond donors (Lipinski definition) is 1. The van der Waals surface area contributed by atoms with E-state index < -0.39 is 0 Å². The van der Waals surface area contributed by atoms with Crippen molar-refractivity contribution in [1.29, 1.82) is 0 Å². The monoisotopic (exact) mass is 269 g/mol. The molecule has 0 spiro atoms. The van der Waals surface area contributed by atoms with Crippen molar-refractivity contribution in [3.63, 3.8) is 0 Å². The standard InChI is InChI=1S/C15H31N3O/c1-5-8-10-13-18(4)15(16-6-2)17-12-9-11-14-19-7-3/h5H,1,6-14H2,2-4H3,(H,16,17). The summed E-state index contributed by atoms with van der Waals surface area (Å²) in [6, 6.07) is 0. The predicted molar refractivity (Wildman–Crippen MR) is 83.8 cm³/mol. The number of hydrogen-bond acceptors (Lipinski definition) is 2. The number of rotatable bonds is 11. The van der Waals surface area contributed by atoms with Gasteiger partial charge in [-0.1, -0.05) is 6.08 Å². The summed E-state index contributed by atoms with van der Waals surface area (Å²) in [4.78, 5) is 6.83. The maximum atomic E-state index is 5.32. The molecule has 0 saturated carbocycles. The van der Waals surface area contributed by atoms with Gasteiger partial charge < -0.3 is 15.0 Å². The van der Waals surface area contributed by atoms with Crippen molar-refractivity contribution in [2.24, 2.45) is 4.99 Å². The molecule has 0 heterocycles. The molecule has 0 radical (unpaired) electrons. The molecular formula is C15H31N3O. The van der Waals surface area contributed by atoms with Crippen LogP contribution in [0.2, 0.25) is 0 Å². The molecule has 0 amide bonds. The van der Waals surface area contributed by atoms with E-state index in [4.69, 9.17) is 4.74 Å². The van der Waals surface area contributed by atoms with Crippen molar-refractivity contribution in [1.82, 2.24) is 10.2 Å². The first kappa shape index (κ1) is 18.0. The number of aliphatic imine (C=N–C) groups is 1. The van der Waals surface area contributed by atoms with Crippen molar-refractivity contribution >= 4 is 5.96 Å². The van der Waals surface area contributed by atoms with Gasteiger partial charge in [-0.2, -0.15) is 0 Å². The minimum Gasteiger partial charge on any atom is -0.382 e. The zero-order valence-corrected chi connectivity index (χ0v) is 13.0. The van der Waals surface area contributed by atoms with E-state index in [9.17, 15) is 0 Å². The van der Waals surface area contributed by atoms with Gasteiger partial charge in [0.25, 0.3) is 0 Å². The summed E-state index contributed by atoms with van der Waals surface area (Å²) in [7, 11) is 2.09. The Morgan fingerprint density at radius 3 is 2.74 bits per heavy atom. The fraction of sp³-hybridized carbons (Fsp3) is 0.800. The van der Waals surface area contributed by atoms with Crippen LogP contribution in [0, 0.1) is 0 Å². The van der Waals surface area contributed by atoms with Crippen LogP contribution in [0.15, 0.2) is 17.6 Å². The Labute approximate surface area is 118 Å². The Kier molecular flexibility index (Phi) is 12.7. The van der Waals surface area contributed by atoms with Crippen molar-refractivity contribution in [3.8, 4) is 0 Å². The van der Waals surface area contributed by atoms with Crippen LogP contribution in [0.5, 0.6) is 0 Å². The second kappa shape index (κ2) is 13.4. The normalized spacial score (nSPS) is 11.4. The van der Waals surface area contributed by atoms with E-state index in [1.54, 1.807) is 0 Å². The summed E-state index contributed by atoms with van der Waals surface area (Å²) < 4.78 is 5.32. The molecule has 0 aromatic heterocycles. The quantitative estimate of drug-likeness (QED) is 0.271. The molecule has 4 nitrogen and oxygen atoms in total. The van der Waals surface area contributed by atoms with Crippen molar-refractivity contribution in [2.75, 3.05) is 39.9 Å². The lowest BCUT2D eigenvalue weighted by atomic mass is 10.3. The van der Waals surface area contributed by atoms with Gasteiger partial charge in [0.1, 0.15) is 0 Å². The van der Waals surface area contributed by atoms with Gasteiger partial charge in [0.15, 0.2) is 5.96 Å². The third-order valence-corrected chi connectivity index (χ3v) is 2.76. The van der Waals surface area contributed by atoms with Gasteiger partial charge in [-0.3, -0.25) is 4.99 Å². The van der Waals surface area contributed by atoms with Crippen LogP contribution in [-0.4, -0.2) is 50.8 Å². The van der Waals surface area contributed by atoms with Gasteiger partial charge in [0, 0.05) is 39.9 Å². The number of unbranched alkanes of at least 4 members (excludes halogenated alkanes) is 2. The highest BCUT2D eigenvalue weighted by atomic mass is 16.5. The van der Waals surface area contributed by atoms with E-state index in [1.165, 1.54) is 0 Å². The maximum absolute atomic E-state index is 5.32. The highest BCUT2D eigenvalue weighted by Gasteiger charge is 2.03. The van der Waals surface area contributed by atoms with Crippen LogP contribution in [-0.2, 0) is 4.74 Å². The second-order valence-corrected chi connectivity index (χ2v) is 4.49. The Balaban J connectivity index is 3.95. The fourth-order valence-electron chi connectivity index (χ4n) is 1.69. The highest BCUT2D eigenvalue weighted by Crippen LogP contribution is 1.96. The summed E-state index contributed by atoms with van der Waals surface area (Å²) in [6.45, 7) is 12.3. The molecule has 1 N–H and O–H groups in total. The van der Waals surface area contributed by atoms with E-state index in [0.29, 0.717) is 0 Å². The maximum Gasteiger partial charge on any atom is 0.193 e. The van der Waals surface area contributed by atoms with Crippen molar-refractivity contribution < 1.29 is 4.74 Å². The summed E-state index contributed by atoms with van der Waals surface area (Å²) in [6.07, 6.45) is 6.30. The minimum atomic E-state index is 0.804. The van der Waals surface area contributed by atoms with Gasteiger partial charge in [-0.15, -0.1) is 6.58 Å². The van der Waals surface area contributed by atoms with Crippen molar-refractivity contribution in [2.45, 2.75) is 39.5 Å². The Bertz CT molecular complexity index is 242. The van der Waals surface area contributed by atoms with Gasteiger partial charge in [-0.25, -0.2) is 0 Å². The predicted octanol–water partition coefficient (Wildman–Crippen LogP) is 2.67. The molecule has 0 aromatic rings. The van der Waals surface area contributed by atoms with Crippen LogP contribution in [0.4, 0.5) is 0 Å². The molecule has 4 heteroatoms. The third kappa shape index (κ3) is 10.6. The molecule has 0 unspecified atom stereocenters. The van der Waals surface area contributed by atoms with E-state index in [2.05, 4.69) is 35.8 Å². The molecule has 0 bridgehead atoms. The minimum absolute atomic E-state index is 0.804.